The molecular formula is C14H15N3O. The number of aromatic nitrogens is 2. The van der Waals surface area contributed by atoms with E-state index in [0.29, 0.717) is 6.54 Å². The van der Waals surface area contributed by atoms with Gasteiger partial charge in [-0.05, 0) is 18.6 Å². The van der Waals surface area contributed by atoms with Gasteiger partial charge in [-0.2, -0.15) is 0 Å². The number of aryl methyl sites for hydroxylation is 1. The fourth-order valence-corrected chi connectivity index (χ4v) is 1.57. The number of hydrogen-bond acceptors (Lipinski definition) is 2. The molecule has 1 amide bonds. The summed E-state index contributed by atoms with van der Waals surface area (Å²) in [7, 11) is 0. The van der Waals surface area contributed by atoms with Crippen molar-refractivity contribution < 1.29 is 4.79 Å². The van der Waals surface area contributed by atoms with E-state index in [2.05, 4.69) is 15.3 Å². The summed E-state index contributed by atoms with van der Waals surface area (Å²) in [5.41, 5.74) is 2.19. The molecule has 0 bridgehead atoms. The average molecular weight is 241 g/mol. The molecule has 0 saturated heterocycles. The van der Waals surface area contributed by atoms with Crippen molar-refractivity contribution >= 4 is 12.0 Å². The Morgan fingerprint density at radius 1 is 1.50 bits per heavy atom. The molecule has 0 aliphatic heterocycles. The molecule has 0 fully saturated rings. The number of hydrogen-bond donors (Lipinski definition) is 2. The van der Waals surface area contributed by atoms with Crippen LogP contribution in [0, 0.1) is 6.92 Å². The average Bonchev–Trinajstić information content (AvgIpc) is 2.87. The van der Waals surface area contributed by atoms with Gasteiger partial charge in [-0.1, -0.05) is 29.8 Å². The van der Waals surface area contributed by atoms with Crippen LogP contribution < -0.4 is 5.32 Å². The van der Waals surface area contributed by atoms with Crippen molar-refractivity contribution in [2.24, 2.45) is 0 Å². The Labute approximate surface area is 106 Å². The first kappa shape index (κ1) is 12.1. The minimum atomic E-state index is -0.132. The van der Waals surface area contributed by atoms with Crippen LogP contribution in [-0.2, 0) is 11.3 Å². The minimum Gasteiger partial charge on any atom is -0.347 e. The van der Waals surface area contributed by atoms with E-state index in [1.807, 2.05) is 31.2 Å². The van der Waals surface area contributed by atoms with Crippen molar-refractivity contribution in [2.45, 2.75) is 13.5 Å². The SMILES string of the molecule is Cc1cccc(C=CC(=O)NCc2ncc[nH]2)c1. The van der Waals surface area contributed by atoms with Crippen LogP contribution in [-0.4, -0.2) is 15.9 Å². The zero-order valence-corrected chi connectivity index (χ0v) is 10.2. The molecule has 1 aromatic carbocycles. The minimum absolute atomic E-state index is 0.132. The third kappa shape index (κ3) is 3.59. The van der Waals surface area contributed by atoms with Crippen LogP contribution in [0.1, 0.15) is 17.0 Å². The van der Waals surface area contributed by atoms with Gasteiger partial charge in [-0.25, -0.2) is 4.98 Å². The van der Waals surface area contributed by atoms with Crippen LogP contribution in [0.4, 0.5) is 0 Å². The first-order chi connectivity index (χ1) is 8.74. The van der Waals surface area contributed by atoms with Gasteiger partial charge in [0, 0.05) is 18.5 Å². The molecule has 0 aliphatic carbocycles. The molecule has 4 heteroatoms. The largest absolute Gasteiger partial charge is 0.347 e. The Morgan fingerprint density at radius 3 is 3.11 bits per heavy atom. The Kier molecular flexibility index (Phi) is 3.91. The monoisotopic (exact) mass is 241 g/mol. The predicted molar refractivity (Wildman–Crippen MR) is 70.6 cm³/mol. The van der Waals surface area contributed by atoms with E-state index in [1.165, 1.54) is 11.6 Å². The second-order valence-electron chi connectivity index (χ2n) is 4.00. The maximum Gasteiger partial charge on any atom is 0.244 e. The number of carbonyl (C=O) groups is 1. The highest BCUT2D eigenvalue weighted by molar-refractivity contribution is 5.91. The summed E-state index contributed by atoms with van der Waals surface area (Å²) in [6.07, 6.45) is 6.70. The van der Waals surface area contributed by atoms with Gasteiger partial charge < -0.3 is 10.3 Å². The van der Waals surface area contributed by atoms with Crippen molar-refractivity contribution in [3.63, 3.8) is 0 Å². The van der Waals surface area contributed by atoms with Crippen molar-refractivity contribution in [3.8, 4) is 0 Å². The van der Waals surface area contributed by atoms with Gasteiger partial charge in [0.25, 0.3) is 0 Å². The molecule has 1 heterocycles. The predicted octanol–water partition coefficient (Wildman–Crippen LogP) is 2.05. The highest BCUT2D eigenvalue weighted by atomic mass is 16.1. The molecule has 0 spiro atoms. The molecule has 0 unspecified atom stereocenters. The lowest BCUT2D eigenvalue weighted by molar-refractivity contribution is -0.116. The fraction of sp³-hybridized carbons (Fsp3) is 0.143. The summed E-state index contributed by atoms with van der Waals surface area (Å²) in [5, 5.41) is 2.75. The highest BCUT2D eigenvalue weighted by Gasteiger charge is 1.97. The maximum absolute atomic E-state index is 11.6. The normalized spacial score (nSPS) is 10.7. The van der Waals surface area contributed by atoms with Crippen molar-refractivity contribution in [3.05, 3.63) is 59.7 Å². The van der Waals surface area contributed by atoms with Gasteiger partial charge in [0.2, 0.25) is 5.91 Å². The van der Waals surface area contributed by atoms with Gasteiger partial charge in [-0.15, -0.1) is 0 Å². The van der Waals surface area contributed by atoms with Gasteiger partial charge in [0.15, 0.2) is 0 Å². The second kappa shape index (κ2) is 5.82. The highest BCUT2D eigenvalue weighted by Crippen LogP contribution is 2.05. The van der Waals surface area contributed by atoms with E-state index in [-0.39, 0.29) is 5.91 Å². The molecule has 0 saturated carbocycles. The Morgan fingerprint density at radius 2 is 2.39 bits per heavy atom. The van der Waals surface area contributed by atoms with E-state index in [4.69, 9.17) is 0 Å². The van der Waals surface area contributed by atoms with E-state index in [9.17, 15) is 4.79 Å². The molecule has 0 radical (unpaired) electrons. The molecule has 0 aliphatic rings. The van der Waals surface area contributed by atoms with Crippen molar-refractivity contribution in [1.82, 2.24) is 15.3 Å². The molecule has 0 atom stereocenters. The first-order valence-corrected chi connectivity index (χ1v) is 5.75. The summed E-state index contributed by atoms with van der Waals surface area (Å²) in [6, 6.07) is 7.98. The summed E-state index contributed by atoms with van der Waals surface area (Å²) < 4.78 is 0. The van der Waals surface area contributed by atoms with Crippen LogP contribution in [0.2, 0.25) is 0 Å². The summed E-state index contributed by atoms with van der Waals surface area (Å²) in [4.78, 5) is 18.5. The summed E-state index contributed by atoms with van der Waals surface area (Å²) in [6.45, 7) is 2.43. The quantitative estimate of drug-likeness (QED) is 0.805. The zero-order chi connectivity index (χ0) is 12.8. The number of amides is 1. The maximum atomic E-state index is 11.6. The van der Waals surface area contributed by atoms with Crippen LogP contribution in [0.5, 0.6) is 0 Å². The lowest BCUT2D eigenvalue weighted by Gasteiger charge is -1.99. The number of carbonyl (C=O) groups excluding carboxylic acids is 1. The molecular weight excluding hydrogens is 226 g/mol. The topological polar surface area (TPSA) is 57.8 Å². The fourth-order valence-electron chi connectivity index (χ4n) is 1.57. The van der Waals surface area contributed by atoms with E-state index >= 15 is 0 Å². The molecule has 2 aromatic rings. The third-order valence-corrected chi connectivity index (χ3v) is 2.45. The second-order valence-corrected chi connectivity index (χ2v) is 4.00. The molecule has 1 aromatic heterocycles. The van der Waals surface area contributed by atoms with E-state index < -0.39 is 0 Å². The number of H-pyrrole nitrogens is 1. The summed E-state index contributed by atoms with van der Waals surface area (Å²) in [5.74, 6) is 0.611. The van der Waals surface area contributed by atoms with Crippen molar-refractivity contribution in [1.29, 1.82) is 0 Å². The van der Waals surface area contributed by atoms with E-state index in [0.717, 1.165) is 11.4 Å². The number of rotatable bonds is 4. The smallest absolute Gasteiger partial charge is 0.244 e. The van der Waals surface area contributed by atoms with Crippen LogP contribution in [0.25, 0.3) is 6.08 Å². The molecule has 2 rings (SSSR count). The van der Waals surface area contributed by atoms with Crippen LogP contribution >= 0.6 is 0 Å². The van der Waals surface area contributed by atoms with Gasteiger partial charge in [0.05, 0.1) is 6.54 Å². The lowest BCUT2D eigenvalue weighted by atomic mass is 10.1. The van der Waals surface area contributed by atoms with Crippen molar-refractivity contribution in [2.75, 3.05) is 0 Å². The summed E-state index contributed by atoms with van der Waals surface area (Å²) >= 11 is 0. The third-order valence-electron chi connectivity index (χ3n) is 2.45. The zero-order valence-electron chi connectivity index (χ0n) is 10.2. The Balaban J connectivity index is 1.87. The molecule has 2 N–H and O–H groups in total. The number of imidazole rings is 1. The number of aromatic amines is 1. The number of benzene rings is 1. The molecule has 4 nitrogen and oxygen atoms in total. The number of nitrogens with one attached hydrogen (secondary N) is 2. The first-order valence-electron chi connectivity index (χ1n) is 5.75. The van der Waals surface area contributed by atoms with Crippen LogP contribution in [0.3, 0.4) is 0 Å². The Bertz CT molecular complexity index is 544. The number of nitrogens with zero attached hydrogens (tertiary/aromatic N) is 1. The molecule has 92 valence electrons. The van der Waals surface area contributed by atoms with Gasteiger partial charge in [-0.3, -0.25) is 4.79 Å². The van der Waals surface area contributed by atoms with Gasteiger partial charge in [0.1, 0.15) is 5.82 Å². The van der Waals surface area contributed by atoms with Gasteiger partial charge >= 0.3 is 0 Å². The lowest BCUT2D eigenvalue weighted by Crippen LogP contribution is -2.20. The standard InChI is InChI=1S/C14H15N3O/c1-11-3-2-4-12(9-11)5-6-14(18)17-10-13-15-7-8-16-13/h2-9H,10H2,1H3,(H,15,16)(H,17,18). The Hall–Kier alpha value is -2.36. The van der Waals surface area contributed by atoms with E-state index in [1.54, 1.807) is 18.5 Å². The molecule has 18 heavy (non-hydrogen) atoms. The van der Waals surface area contributed by atoms with Crippen LogP contribution in [0.15, 0.2) is 42.7 Å².